The van der Waals surface area contributed by atoms with E-state index in [-0.39, 0.29) is 0 Å². The Morgan fingerprint density at radius 2 is 1.75 bits per heavy atom. The van der Waals surface area contributed by atoms with E-state index in [0.29, 0.717) is 5.41 Å². The van der Waals surface area contributed by atoms with E-state index in [1.165, 1.54) is 45.2 Å². The zero-order valence-corrected chi connectivity index (χ0v) is 11.7. The predicted molar refractivity (Wildman–Crippen MR) is 71.8 cm³/mol. The molecule has 1 saturated carbocycles. The van der Waals surface area contributed by atoms with Gasteiger partial charge >= 0.3 is 0 Å². The molecule has 1 aliphatic rings. The van der Waals surface area contributed by atoms with Gasteiger partial charge in [-0.1, -0.05) is 33.1 Å². The Balaban J connectivity index is 2.42. The van der Waals surface area contributed by atoms with Gasteiger partial charge in [-0.3, -0.25) is 0 Å². The highest BCUT2D eigenvalue weighted by Crippen LogP contribution is 2.36. The van der Waals surface area contributed by atoms with E-state index in [9.17, 15) is 0 Å². The van der Waals surface area contributed by atoms with Gasteiger partial charge in [0, 0.05) is 13.1 Å². The predicted octanol–water partition coefficient (Wildman–Crippen LogP) is 2.74. The first-order chi connectivity index (χ1) is 7.54. The maximum Gasteiger partial charge on any atom is 0.00440 e. The Bertz CT molecular complexity index is 181. The van der Waals surface area contributed by atoms with Gasteiger partial charge in [-0.25, -0.2) is 0 Å². The third-order valence-corrected chi connectivity index (χ3v) is 3.62. The second kappa shape index (κ2) is 6.61. The molecule has 1 rings (SSSR count). The zero-order chi connectivity index (χ0) is 12.0. The molecule has 96 valence electrons. The molecular formula is C14H30N2. The second-order valence-corrected chi connectivity index (χ2v) is 6.32. The van der Waals surface area contributed by atoms with Crippen molar-refractivity contribution in [3.8, 4) is 0 Å². The summed E-state index contributed by atoms with van der Waals surface area (Å²) in [5, 5.41) is 3.67. The lowest BCUT2D eigenvalue weighted by Crippen LogP contribution is -2.44. The van der Waals surface area contributed by atoms with Crippen molar-refractivity contribution in [3.05, 3.63) is 0 Å². The quantitative estimate of drug-likeness (QED) is 0.749. The fourth-order valence-corrected chi connectivity index (χ4v) is 2.99. The van der Waals surface area contributed by atoms with Gasteiger partial charge in [0.1, 0.15) is 0 Å². The third kappa shape index (κ3) is 4.84. The summed E-state index contributed by atoms with van der Waals surface area (Å²) in [4.78, 5) is 2.36. The molecule has 0 unspecified atom stereocenters. The maximum absolute atomic E-state index is 3.67. The van der Waals surface area contributed by atoms with E-state index >= 15 is 0 Å². The van der Waals surface area contributed by atoms with Crippen LogP contribution in [0.5, 0.6) is 0 Å². The average molecular weight is 226 g/mol. The van der Waals surface area contributed by atoms with Gasteiger partial charge in [-0.05, 0) is 44.8 Å². The number of hydrogen-bond acceptors (Lipinski definition) is 2. The van der Waals surface area contributed by atoms with Crippen LogP contribution in [0.25, 0.3) is 0 Å². The first-order valence-electron chi connectivity index (χ1n) is 6.89. The summed E-state index contributed by atoms with van der Waals surface area (Å²) >= 11 is 0. The van der Waals surface area contributed by atoms with Crippen LogP contribution in [0, 0.1) is 11.3 Å². The molecule has 2 nitrogen and oxygen atoms in total. The molecule has 0 aromatic carbocycles. The normalized spacial score (nSPS) is 20.6. The van der Waals surface area contributed by atoms with Crippen molar-refractivity contribution in [1.29, 1.82) is 0 Å². The maximum atomic E-state index is 3.67. The van der Waals surface area contributed by atoms with Crippen LogP contribution in [0.1, 0.15) is 46.0 Å². The Morgan fingerprint density at radius 1 is 1.12 bits per heavy atom. The van der Waals surface area contributed by atoms with E-state index in [2.05, 4.69) is 38.2 Å². The van der Waals surface area contributed by atoms with Crippen LogP contribution in [-0.4, -0.2) is 38.6 Å². The average Bonchev–Trinajstić information content (AvgIpc) is 2.17. The molecule has 0 bridgehead atoms. The number of nitrogens with zero attached hydrogens (tertiary/aromatic N) is 1. The van der Waals surface area contributed by atoms with Crippen molar-refractivity contribution in [2.24, 2.45) is 11.3 Å². The Hall–Kier alpha value is -0.0800. The summed E-state index contributed by atoms with van der Waals surface area (Å²) in [7, 11) is 4.41. The Kier molecular flexibility index (Phi) is 5.77. The largest absolute Gasteiger partial charge is 0.316 e. The van der Waals surface area contributed by atoms with Crippen LogP contribution < -0.4 is 5.32 Å². The highest BCUT2D eigenvalue weighted by Gasteiger charge is 2.31. The standard InChI is InChI=1S/C14H30N2/c1-13(2)10-15-11-14(12-16(3)4)8-6-5-7-9-14/h13,15H,5-12H2,1-4H3. The fraction of sp³-hybridized carbons (Fsp3) is 1.00. The van der Waals surface area contributed by atoms with Gasteiger partial charge in [0.2, 0.25) is 0 Å². The smallest absolute Gasteiger partial charge is 0.00440 e. The minimum atomic E-state index is 0.552. The molecule has 16 heavy (non-hydrogen) atoms. The summed E-state index contributed by atoms with van der Waals surface area (Å²) in [5.74, 6) is 0.764. The van der Waals surface area contributed by atoms with Crippen molar-refractivity contribution in [2.75, 3.05) is 33.7 Å². The molecule has 1 N–H and O–H groups in total. The molecule has 1 fully saturated rings. The van der Waals surface area contributed by atoms with Crippen LogP contribution in [0.3, 0.4) is 0 Å². The lowest BCUT2D eigenvalue weighted by Gasteiger charge is -2.40. The van der Waals surface area contributed by atoms with Crippen LogP contribution in [0.15, 0.2) is 0 Å². The molecule has 0 aliphatic heterocycles. The monoisotopic (exact) mass is 226 g/mol. The summed E-state index contributed by atoms with van der Waals surface area (Å²) in [6.45, 7) is 8.19. The first-order valence-corrected chi connectivity index (χ1v) is 6.89. The van der Waals surface area contributed by atoms with Gasteiger partial charge in [-0.2, -0.15) is 0 Å². The minimum Gasteiger partial charge on any atom is -0.316 e. The molecule has 0 amide bonds. The Morgan fingerprint density at radius 3 is 2.25 bits per heavy atom. The van der Waals surface area contributed by atoms with E-state index in [1.54, 1.807) is 0 Å². The van der Waals surface area contributed by atoms with Crippen molar-refractivity contribution in [1.82, 2.24) is 10.2 Å². The third-order valence-electron chi connectivity index (χ3n) is 3.62. The van der Waals surface area contributed by atoms with Gasteiger partial charge in [0.15, 0.2) is 0 Å². The lowest BCUT2D eigenvalue weighted by atomic mass is 9.73. The van der Waals surface area contributed by atoms with Crippen molar-refractivity contribution < 1.29 is 0 Å². The highest BCUT2D eigenvalue weighted by molar-refractivity contribution is 4.86. The molecule has 0 atom stereocenters. The number of nitrogens with one attached hydrogen (secondary N) is 1. The van der Waals surface area contributed by atoms with E-state index < -0.39 is 0 Å². The summed E-state index contributed by atoms with van der Waals surface area (Å²) in [5.41, 5.74) is 0.552. The summed E-state index contributed by atoms with van der Waals surface area (Å²) < 4.78 is 0. The molecule has 2 heteroatoms. The SMILES string of the molecule is CC(C)CNCC1(CN(C)C)CCCCC1. The molecule has 0 spiro atoms. The highest BCUT2D eigenvalue weighted by atomic mass is 15.1. The molecule has 0 aromatic rings. The van der Waals surface area contributed by atoms with Crippen LogP contribution in [0.4, 0.5) is 0 Å². The first kappa shape index (κ1) is 14.0. The molecule has 0 aromatic heterocycles. The van der Waals surface area contributed by atoms with Gasteiger partial charge in [0.25, 0.3) is 0 Å². The molecule has 0 radical (unpaired) electrons. The van der Waals surface area contributed by atoms with Crippen molar-refractivity contribution in [2.45, 2.75) is 46.0 Å². The van der Waals surface area contributed by atoms with Crippen LogP contribution in [-0.2, 0) is 0 Å². The van der Waals surface area contributed by atoms with Crippen LogP contribution >= 0.6 is 0 Å². The lowest BCUT2D eigenvalue weighted by molar-refractivity contribution is 0.129. The molecular weight excluding hydrogens is 196 g/mol. The molecule has 0 saturated heterocycles. The summed E-state index contributed by atoms with van der Waals surface area (Å²) in [6, 6.07) is 0. The number of rotatable bonds is 6. The molecule has 1 aliphatic carbocycles. The number of hydrogen-bond donors (Lipinski definition) is 1. The summed E-state index contributed by atoms with van der Waals surface area (Å²) in [6.07, 6.45) is 7.13. The van der Waals surface area contributed by atoms with E-state index in [0.717, 1.165) is 12.5 Å². The minimum absolute atomic E-state index is 0.552. The van der Waals surface area contributed by atoms with E-state index in [4.69, 9.17) is 0 Å². The Labute approximate surface area is 102 Å². The van der Waals surface area contributed by atoms with Gasteiger partial charge in [0.05, 0.1) is 0 Å². The topological polar surface area (TPSA) is 15.3 Å². The molecule has 0 heterocycles. The van der Waals surface area contributed by atoms with Crippen LogP contribution in [0.2, 0.25) is 0 Å². The zero-order valence-electron chi connectivity index (χ0n) is 11.7. The van der Waals surface area contributed by atoms with Gasteiger partial charge in [-0.15, -0.1) is 0 Å². The van der Waals surface area contributed by atoms with Gasteiger partial charge < -0.3 is 10.2 Å². The second-order valence-electron chi connectivity index (χ2n) is 6.32. The van der Waals surface area contributed by atoms with Crippen molar-refractivity contribution in [3.63, 3.8) is 0 Å². The fourth-order valence-electron chi connectivity index (χ4n) is 2.99. The van der Waals surface area contributed by atoms with E-state index in [1.807, 2.05) is 0 Å². The van der Waals surface area contributed by atoms with Crippen molar-refractivity contribution >= 4 is 0 Å².